The zero-order chi connectivity index (χ0) is 19.8. The molecule has 0 bridgehead atoms. The first kappa shape index (κ1) is 20.8. The highest BCUT2D eigenvalue weighted by molar-refractivity contribution is 9.10. The summed E-state index contributed by atoms with van der Waals surface area (Å²) in [5.41, 5.74) is 5.01. The van der Waals surface area contributed by atoms with Gasteiger partial charge in [0.25, 0.3) is 11.8 Å². The van der Waals surface area contributed by atoms with Crippen LogP contribution in [0.2, 0.25) is 0 Å². The van der Waals surface area contributed by atoms with Crippen molar-refractivity contribution in [3.63, 3.8) is 0 Å². The number of carbonyl (C=O) groups is 3. The monoisotopic (exact) mass is 452 g/mol. The van der Waals surface area contributed by atoms with Crippen LogP contribution >= 0.6 is 27.7 Å². The Labute approximate surface area is 168 Å². The molecule has 7 nitrogen and oxygen atoms in total. The molecule has 0 spiro atoms. The van der Waals surface area contributed by atoms with Crippen molar-refractivity contribution in [2.75, 3.05) is 20.0 Å². The lowest BCUT2D eigenvalue weighted by Crippen LogP contribution is -2.43. The molecule has 0 heterocycles. The highest BCUT2D eigenvalue weighted by Crippen LogP contribution is 2.25. The van der Waals surface area contributed by atoms with Gasteiger partial charge in [0.2, 0.25) is 0 Å². The zero-order valence-corrected chi connectivity index (χ0v) is 17.0. The number of thioether (sulfide) groups is 1. The van der Waals surface area contributed by atoms with Gasteiger partial charge in [-0.05, 0) is 48.7 Å². The van der Waals surface area contributed by atoms with Gasteiger partial charge in [0, 0.05) is 14.9 Å². The molecule has 2 N–H and O–H groups in total. The number of benzene rings is 2. The van der Waals surface area contributed by atoms with Crippen LogP contribution in [0.15, 0.2) is 51.8 Å². The summed E-state index contributed by atoms with van der Waals surface area (Å²) in [5, 5.41) is 0. The molecule has 0 fully saturated rings. The molecule has 9 heteroatoms. The number of methoxy groups -OCH3 is 1. The molecular formula is C18H17BrN2O5S. The molecule has 0 saturated carbocycles. The van der Waals surface area contributed by atoms with E-state index in [0.717, 1.165) is 9.37 Å². The standard InChI is InChI=1S/C18H17BrN2O5S/c1-25-15-9-13(27-2)7-8-14(15)18(24)26-10-16(22)20-21-17(23)11-3-5-12(19)6-4-11/h3-9H,10H2,1-2H3,(H,20,22)(H,21,23). The molecule has 2 amide bonds. The number of halogens is 1. The van der Waals surface area contributed by atoms with Crippen molar-refractivity contribution in [3.8, 4) is 5.75 Å². The maximum absolute atomic E-state index is 12.1. The minimum atomic E-state index is -0.700. The fourth-order valence-electron chi connectivity index (χ4n) is 2.01. The Morgan fingerprint density at radius 3 is 2.41 bits per heavy atom. The van der Waals surface area contributed by atoms with Crippen LogP contribution in [-0.4, -0.2) is 37.8 Å². The van der Waals surface area contributed by atoms with Crippen molar-refractivity contribution in [2.45, 2.75) is 4.90 Å². The third-order valence-electron chi connectivity index (χ3n) is 3.38. The van der Waals surface area contributed by atoms with Crippen LogP contribution in [0.25, 0.3) is 0 Å². The van der Waals surface area contributed by atoms with Crippen LogP contribution in [0.4, 0.5) is 0 Å². The summed E-state index contributed by atoms with van der Waals surface area (Å²) in [5.74, 6) is -1.50. The summed E-state index contributed by atoms with van der Waals surface area (Å²) < 4.78 is 11.0. The van der Waals surface area contributed by atoms with Gasteiger partial charge >= 0.3 is 5.97 Å². The van der Waals surface area contributed by atoms with E-state index in [1.54, 1.807) is 42.5 Å². The summed E-state index contributed by atoms with van der Waals surface area (Å²) in [6, 6.07) is 11.6. The van der Waals surface area contributed by atoms with Crippen LogP contribution in [0.3, 0.4) is 0 Å². The van der Waals surface area contributed by atoms with Gasteiger partial charge in [0.15, 0.2) is 6.61 Å². The van der Waals surface area contributed by atoms with E-state index in [9.17, 15) is 14.4 Å². The molecule has 2 aromatic rings. The molecule has 0 radical (unpaired) electrons. The van der Waals surface area contributed by atoms with Crippen LogP contribution in [0.5, 0.6) is 5.75 Å². The number of esters is 1. The maximum Gasteiger partial charge on any atom is 0.342 e. The first-order chi connectivity index (χ1) is 12.9. The Balaban J connectivity index is 1.85. The average molecular weight is 453 g/mol. The van der Waals surface area contributed by atoms with E-state index in [2.05, 4.69) is 26.8 Å². The Morgan fingerprint density at radius 1 is 1.07 bits per heavy atom. The summed E-state index contributed by atoms with van der Waals surface area (Å²) in [6.45, 7) is -0.549. The molecular weight excluding hydrogens is 436 g/mol. The molecule has 0 aliphatic heterocycles. The maximum atomic E-state index is 12.1. The topological polar surface area (TPSA) is 93.7 Å². The second-order valence-electron chi connectivity index (χ2n) is 5.15. The number of ether oxygens (including phenoxy) is 2. The van der Waals surface area contributed by atoms with E-state index in [-0.39, 0.29) is 5.56 Å². The number of nitrogens with one attached hydrogen (secondary N) is 2. The molecule has 2 rings (SSSR count). The van der Waals surface area contributed by atoms with E-state index in [1.807, 2.05) is 6.26 Å². The molecule has 0 aliphatic rings. The lowest BCUT2D eigenvalue weighted by Gasteiger charge is -2.11. The highest BCUT2D eigenvalue weighted by Gasteiger charge is 2.16. The summed E-state index contributed by atoms with van der Waals surface area (Å²) >= 11 is 4.77. The molecule has 27 heavy (non-hydrogen) atoms. The van der Waals surface area contributed by atoms with Gasteiger partial charge in [-0.15, -0.1) is 11.8 Å². The van der Waals surface area contributed by atoms with Crippen molar-refractivity contribution in [1.82, 2.24) is 10.9 Å². The zero-order valence-electron chi connectivity index (χ0n) is 14.6. The summed E-state index contributed by atoms with van der Waals surface area (Å²) in [4.78, 5) is 36.7. The predicted molar refractivity (Wildman–Crippen MR) is 105 cm³/mol. The Morgan fingerprint density at radius 2 is 1.78 bits per heavy atom. The molecule has 0 saturated heterocycles. The van der Waals surface area contributed by atoms with Gasteiger partial charge in [-0.2, -0.15) is 0 Å². The predicted octanol–water partition coefficient (Wildman–Crippen LogP) is 2.80. The summed E-state index contributed by atoms with van der Waals surface area (Å²) in [7, 11) is 1.45. The fraction of sp³-hybridized carbons (Fsp3) is 0.167. The number of hydrazine groups is 1. The number of rotatable bonds is 6. The van der Waals surface area contributed by atoms with Crippen LogP contribution in [0, 0.1) is 0 Å². The van der Waals surface area contributed by atoms with E-state index in [0.29, 0.717) is 11.3 Å². The first-order valence-corrected chi connectivity index (χ1v) is 9.70. The average Bonchev–Trinajstić information content (AvgIpc) is 2.70. The van der Waals surface area contributed by atoms with E-state index in [4.69, 9.17) is 9.47 Å². The molecule has 0 aliphatic carbocycles. The van der Waals surface area contributed by atoms with Crippen LogP contribution in [-0.2, 0) is 9.53 Å². The first-order valence-electron chi connectivity index (χ1n) is 7.68. The summed E-state index contributed by atoms with van der Waals surface area (Å²) in [6.07, 6.45) is 1.90. The molecule has 142 valence electrons. The van der Waals surface area contributed by atoms with Crippen molar-refractivity contribution in [2.24, 2.45) is 0 Å². The van der Waals surface area contributed by atoms with E-state index >= 15 is 0 Å². The lowest BCUT2D eigenvalue weighted by atomic mass is 10.2. The SMILES string of the molecule is COc1cc(SC)ccc1C(=O)OCC(=O)NNC(=O)c1ccc(Br)cc1. The third-order valence-corrected chi connectivity index (χ3v) is 4.64. The van der Waals surface area contributed by atoms with Crippen LogP contribution in [0.1, 0.15) is 20.7 Å². The molecule has 0 unspecified atom stereocenters. The third kappa shape index (κ3) is 6.00. The van der Waals surface area contributed by atoms with E-state index in [1.165, 1.54) is 18.9 Å². The molecule has 0 atom stereocenters. The lowest BCUT2D eigenvalue weighted by molar-refractivity contribution is -0.125. The largest absolute Gasteiger partial charge is 0.496 e. The van der Waals surface area contributed by atoms with Crippen molar-refractivity contribution < 1.29 is 23.9 Å². The Hall–Kier alpha value is -2.52. The normalized spacial score (nSPS) is 10.0. The Bertz CT molecular complexity index is 842. The van der Waals surface area contributed by atoms with Crippen molar-refractivity contribution >= 4 is 45.5 Å². The quantitative estimate of drug-likeness (QED) is 0.397. The van der Waals surface area contributed by atoms with Crippen LogP contribution < -0.4 is 15.6 Å². The smallest absolute Gasteiger partial charge is 0.342 e. The van der Waals surface area contributed by atoms with Gasteiger partial charge in [0.1, 0.15) is 11.3 Å². The second kappa shape index (κ2) is 9.98. The minimum absolute atomic E-state index is 0.210. The van der Waals surface area contributed by atoms with Gasteiger partial charge < -0.3 is 9.47 Å². The Kier molecular flexibility index (Phi) is 7.68. The minimum Gasteiger partial charge on any atom is -0.496 e. The molecule has 0 aromatic heterocycles. The van der Waals surface area contributed by atoms with Crippen molar-refractivity contribution in [3.05, 3.63) is 58.1 Å². The number of hydrogen-bond acceptors (Lipinski definition) is 6. The number of hydrogen-bond donors (Lipinski definition) is 2. The highest BCUT2D eigenvalue weighted by atomic mass is 79.9. The van der Waals surface area contributed by atoms with Gasteiger partial charge in [-0.1, -0.05) is 15.9 Å². The van der Waals surface area contributed by atoms with Crippen molar-refractivity contribution in [1.29, 1.82) is 0 Å². The van der Waals surface area contributed by atoms with Gasteiger partial charge in [-0.25, -0.2) is 4.79 Å². The molecule has 2 aromatic carbocycles. The number of amides is 2. The fourth-order valence-corrected chi connectivity index (χ4v) is 2.71. The second-order valence-corrected chi connectivity index (χ2v) is 6.95. The number of carbonyl (C=O) groups excluding carboxylic acids is 3. The van der Waals surface area contributed by atoms with Gasteiger partial charge in [0.05, 0.1) is 7.11 Å². The van der Waals surface area contributed by atoms with E-state index < -0.39 is 24.4 Å². The van der Waals surface area contributed by atoms with Gasteiger partial charge in [-0.3, -0.25) is 20.4 Å².